The van der Waals surface area contributed by atoms with Crippen molar-refractivity contribution in [3.05, 3.63) is 66.1 Å². The zero-order chi connectivity index (χ0) is 20.2. The predicted octanol–water partition coefficient (Wildman–Crippen LogP) is 4.16. The highest BCUT2D eigenvalue weighted by molar-refractivity contribution is 5.94. The number of nitrogens with one attached hydrogen (secondary N) is 1. The summed E-state index contributed by atoms with van der Waals surface area (Å²) in [6, 6.07) is 16.4. The number of benzene rings is 2. The van der Waals surface area contributed by atoms with Gasteiger partial charge in [-0.2, -0.15) is 5.26 Å². The summed E-state index contributed by atoms with van der Waals surface area (Å²) >= 11 is 0. The number of amides is 1. The first kappa shape index (κ1) is 18.8. The zero-order valence-corrected chi connectivity index (χ0v) is 16.3. The van der Waals surface area contributed by atoms with Gasteiger partial charge in [-0.3, -0.25) is 4.79 Å². The Kier molecular flexibility index (Phi) is 5.30. The molecule has 1 amide bonds. The topological polar surface area (TPSA) is 79.9 Å². The van der Waals surface area contributed by atoms with E-state index in [4.69, 9.17) is 15.0 Å². The highest BCUT2D eigenvalue weighted by Gasteiger charge is 2.16. The molecule has 3 aromatic rings. The third-order valence-corrected chi connectivity index (χ3v) is 5.00. The molecule has 1 aromatic heterocycles. The molecule has 0 saturated carbocycles. The molecule has 2 heterocycles. The summed E-state index contributed by atoms with van der Waals surface area (Å²) in [4.78, 5) is 17.3. The molecule has 29 heavy (non-hydrogen) atoms. The van der Waals surface area contributed by atoms with E-state index in [1.165, 1.54) is 12.8 Å². The molecule has 146 valence electrons. The molecule has 1 N–H and O–H groups in total. The van der Waals surface area contributed by atoms with Crippen molar-refractivity contribution in [2.75, 3.05) is 5.32 Å². The van der Waals surface area contributed by atoms with Gasteiger partial charge in [0.25, 0.3) is 5.91 Å². The van der Waals surface area contributed by atoms with E-state index in [1.54, 1.807) is 31.2 Å². The molecule has 1 atom stereocenters. The number of imidazole rings is 1. The van der Waals surface area contributed by atoms with E-state index in [1.807, 2.05) is 24.3 Å². The third-order valence-electron chi connectivity index (χ3n) is 5.00. The SMILES string of the molecule is CC(Oc1ccc(C#N)cc1)C(=O)Nc1cccc(-c2cn3c(n2)CCCC3)c1. The van der Waals surface area contributed by atoms with Crippen molar-refractivity contribution in [3.8, 4) is 23.1 Å². The maximum Gasteiger partial charge on any atom is 0.265 e. The van der Waals surface area contributed by atoms with Crippen LogP contribution in [0.5, 0.6) is 5.75 Å². The van der Waals surface area contributed by atoms with Gasteiger partial charge >= 0.3 is 0 Å². The third kappa shape index (κ3) is 4.30. The summed E-state index contributed by atoms with van der Waals surface area (Å²) in [7, 11) is 0. The van der Waals surface area contributed by atoms with Crippen molar-refractivity contribution >= 4 is 11.6 Å². The lowest BCUT2D eigenvalue weighted by atomic mass is 10.1. The molecule has 0 bridgehead atoms. The van der Waals surface area contributed by atoms with Gasteiger partial charge in [0.2, 0.25) is 0 Å². The normalized spacial score (nSPS) is 13.8. The molecule has 1 unspecified atom stereocenters. The average molecular weight is 386 g/mol. The molecular weight excluding hydrogens is 364 g/mol. The molecule has 1 aliphatic rings. The van der Waals surface area contributed by atoms with Crippen LogP contribution >= 0.6 is 0 Å². The van der Waals surface area contributed by atoms with Crippen LogP contribution in [-0.2, 0) is 17.8 Å². The monoisotopic (exact) mass is 386 g/mol. The Morgan fingerprint density at radius 2 is 2.07 bits per heavy atom. The lowest BCUT2D eigenvalue weighted by Gasteiger charge is -2.15. The number of anilines is 1. The predicted molar refractivity (Wildman–Crippen MR) is 110 cm³/mol. The maximum absolute atomic E-state index is 12.5. The summed E-state index contributed by atoms with van der Waals surface area (Å²) in [5.74, 6) is 1.43. The Morgan fingerprint density at radius 3 is 2.83 bits per heavy atom. The Balaban J connectivity index is 1.43. The van der Waals surface area contributed by atoms with Crippen LogP contribution in [0, 0.1) is 11.3 Å². The van der Waals surface area contributed by atoms with Gasteiger partial charge < -0.3 is 14.6 Å². The molecule has 2 aromatic carbocycles. The van der Waals surface area contributed by atoms with E-state index in [9.17, 15) is 4.79 Å². The summed E-state index contributed by atoms with van der Waals surface area (Å²) in [6.07, 6.45) is 4.80. The van der Waals surface area contributed by atoms with Crippen LogP contribution in [0.3, 0.4) is 0 Å². The van der Waals surface area contributed by atoms with Crippen molar-refractivity contribution in [1.82, 2.24) is 9.55 Å². The number of aryl methyl sites for hydroxylation is 2. The van der Waals surface area contributed by atoms with Gasteiger partial charge in [-0.15, -0.1) is 0 Å². The van der Waals surface area contributed by atoms with Gasteiger partial charge in [-0.1, -0.05) is 12.1 Å². The summed E-state index contributed by atoms with van der Waals surface area (Å²) in [5, 5.41) is 11.8. The second-order valence-electron chi connectivity index (χ2n) is 7.16. The largest absolute Gasteiger partial charge is 0.481 e. The van der Waals surface area contributed by atoms with Crippen LogP contribution in [0.2, 0.25) is 0 Å². The van der Waals surface area contributed by atoms with E-state index in [0.717, 1.165) is 30.0 Å². The molecule has 6 nitrogen and oxygen atoms in total. The van der Waals surface area contributed by atoms with E-state index in [-0.39, 0.29) is 5.91 Å². The number of nitrogens with zero attached hydrogens (tertiary/aromatic N) is 3. The molecule has 0 radical (unpaired) electrons. The fourth-order valence-corrected chi connectivity index (χ4v) is 3.42. The number of carbonyl (C=O) groups excluding carboxylic acids is 1. The summed E-state index contributed by atoms with van der Waals surface area (Å²) < 4.78 is 7.90. The van der Waals surface area contributed by atoms with E-state index in [0.29, 0.717) is 17.0 Å². The number of hydrogen-bond acceptors (Lipinski definition) is 4. The number of carbonyl (C=O) groups is 1. The lowest BCUT2D eigenvalue weighted by molar-refractivity contribution is -0.122. The first-order valence-electron chi connectivity index (χ1n) is 9.76. The number of ether oxygens (including phenoxy) is 1. The number of nitriles is 1. The average Bonchev–Trinajstić information content (AvgIpc) is 3.19. The highest BCUT2D eigenvalue weighted by atomic mass is 16.5. The smallest absolute Gasteiger partial charge is 0.265 e. The van der Waals surface area contributed by atoms with Crippen molar-refractivity contribution in [2.45, 2.75) is 38.8 Å². The molecule has 6 heteroatoms. The Labute approximate surface area is 169 Å². The second kappa shape index (κ2) is 8.19. The van der Waals surface area contributed by atoms with Crippen molar-refractivity contribution in [2.24, 2.45) is 0 Å². The molecule has 1 aliphatic heterocycles. The molecular formula is C23H22N4O2. The van der Waals surface area contributed by atoms with E-state index >= 15 is 0 Å². The van der Waals surface area contributed by atoms with Crippen LogP contribution in [-0.4, -0.2) is 21.6 Å². The van der Waals surface area contributed by atoms with Gasteiger partial charge in [0, 0.05) is 30.4 Å². The minimum atomic E-state index is -0.675. The van der Waals surface area contributed by atoms with Gasteiger partial charge in [0.05, 0.1) is 17.3 Å². The number of aromatic nitrogens is 2. The molecule has 0 fully saturated rings. The quantitative estimate of drug-likeness (QED) is 0.714. The summed E-state index contributed by atoms with van der Waals surface area (Å²) in [6.45, 7) is 2.71. The van der Waals surface area contributed by atoms with Crippen molar-refractivity contribution < 1.29 is 9.53 Å². The van der Waals surface area contributed by atoms with Gasteiger partial charge in [-0.05, 0) is 56.2 Å². The summed E-state index contributed by atoms with van der Waals surface area (Å²) in [5.41, 5.74) is 3.16. The lowest BCUT2D eigenvalue weighted by Crippen LogP contribution is -2.30. The number of hydrogen-bond donors (Lipinski definition) is 1. The fraction of sp³-hybridized carbons (Fsp3) is 0.261. The minimum Gasteiger partial charge on any atom is -0.481 e. The van der Waals surface area contributed by atoms with Crippen LogP contribution in [0.4, 0.5) is 5.69 Å². The Hall–Kier alpha value is -3.59. The molecule has 0 saturated heterocycles. The number of fused-ring (bicyclic) bond motifs is 1. The van der Waals surface area contributed by atoms with Crippen LogP contribution in [0.15, 0.2) is 54.7 Å². The van der Waals surface area contributed by atoms with Crippen LogP contribution in [0.25, 0.3) is 11.3 Å². The molecule has 0 spiro atoms. The van der Waals surface area contributed by atoms with Gasteiger partial charge in [-0.25, -0.2) is 4.98 Å². The van der Waals surface area contributed by atoms with Crippen molar-refractivity contribution in [3.63, 3.8) is 0 Å². The van der Waals surface area contributed by atoms with Crippen LogP contribution in [0.1, 0.15) is 31.2 Å². The van der Waals surface area contributed by atoms with Crippen molar-refractivity contribution in [1.29, 1.82) is 5.26 Å². The standard InChI is InChI=1S/C23H22N4O2/c1-16(29-20-10-8-17(14-24)9-11-20)23(28)25-19-6-4-5-18(13-19)21-15-27-12-3-2-7-22(27)26-21/h4-6,8-11,13,15-16H,2-3,7,12H2,1H3,(H,25,28). The first-order valence-corrected chi connectivity index (χ1v) is 9.76. The highest BCUT2D eigenvalue weighted by Crippen LogP contribution is 2.25. The van der Waals surface area contributed by atoms with E-state index < -0.39 is 6.10 Å². The second-order valence-corrected chi connectivity index (χ2v) is 7.16. The van der Waals surface area contributed by atoms with Gasteiger partial charge in [0.15, 0.2) is 6.10 Å². The molecule has 4 rings (SSSR count). The van der Waals surface area contributed by atoms with E-state index in [2.05, 4.69) is 22.1 Å². The Bertz CT molecular complexity index is 1040. The Morgan fingerprint density at radius 1 is 1.24 bits per heavy atom. The fourth-order valence-electron chi connectivity index (χ4n) is 3.42. The van der Waals surface area contributed by atoms with Gasteiger partial charge in [0.1, 0.15) is 11.6 Å². The number of rotatable bonds is 5. The maximum atomic E-state index is 12.5. The zero-order valence-electron chi connectivity index (χ0n) is 16.3. The van der Waals surface area contributed by atoms with Crippen LogP contribution < -0.4 is 10.1 Å². The molecule has 0 aliphatic carbocycles. The first-order chi connectivity index (χ1) is 14.1. The minimum absolute atomic E-state index is 0.240.